The molecule has 4 nitrogen and oxygen atoms in total. The maximum absolute atomic E-state index is 13.1. The van der Waals surface area contributed by atoms with Crippen molar-refractivity contribution in [3.8, 4) is 0 Å². The summed E-state index contributed by atoms with van der Waals surface area (Å²) in [5.74, 6) is -14.1. The van der Waals surface area contributed by atoms with E-state index in [0.29, 0.717) is 26.3 Å². The third-order valence-electron chi connectivity index (χ3n) is 2.85. The van der Waals surface area contributed by atoms with Crippen LogP contribution in [0.2, 0.25) is 0 Å². The number of halogens is 7. The van der Waals surface area contributed by atoms with Crippen LogP contribution in [0.25, 0.3) is 0 Å². The van der Waals surface area contributed by atoms with Crippen molar-refractivity contribution < 1.29 is 35.9 Å². The van der Waals surface area contributed by atoms with E-state index < -0.39 is 29.7 Å². The molecule has 1 heterocycles. The zero-order valence-electron chi connectivity index (χ0n) is 10.7. The maximum Gasteiger partial charge on any atom is 0.395 e. The molecule has 0 aromatic rings. The maximum atomic E-state index is 13.1. The molecule has 1 rings (SSSR count). The molecule has 0 saturated carbocycles. The highest BCUT2D eigenvalue weighted by atomic mass is 35.5. The Morgan fingerprint density at radius 2 is 1.67 bits per heavy atom. The van der Waals surface area contributed by atoms with Gasteiger partial charge in [0.15, 0.2) is 0 Å². The van der Waals surface area contributed by atoms with Crippen molar-refractivity contribution in [1.82, 2.24) is 10.2 Å². The van der Waals surface area contributed by atoms with Crippen molar-refractivity contribution in [2.75, 3.05) is 39.4 Å². The number of hydrogen-bond acceptors (Lipinski definition) is 3. The summed E-state index contributed by atoms with van der Waals surface area (Å²) >= 11 is 3.94. The van der Waals surface area contributed by atoms with Crippen LogP contribution in [0.4, 0.5) is 26.3 Å². The first kappa shape index (κ1) is 18.3. The summed E-state index contributed by atoms with van der Waals surface area (Å²) in [6.07, 6.45) is 0. The number of amides is 1. The number of carbonyl (C=O) groups excluding carboxylic acids is 1. The van der Waals surface area contributed by atoms with Crippen LogP contribution in [0.15, 0.2) is 0 Å². The van der Waals surface area contributed by atoms with Crippen LogP contribution in [0, 0.1) is 0 Å². The molecule has 1 aliphatic heterocycles. The fourth-order valence-electron chi connectivity index (χ4n) is 1.58. The summed E-state index contributed by atoms with van der Waals surface area (Å²) in [4.78, 5) is 12.8. The SMILES string of the molecule is O=C(NCCN1CCOCC1)C(F)(F)C(F)(F)C(F)(F)Cl. The van der Waals surface area contributed by atoms with Crippen LogP contribution in [-0.4, -0.2) is 67.4 Å². The van der Waals surface area contributed by atoms with Crippen LogP contribution in [0.1, 0.15) is 0 Å². The lowest BCUT2D eigenvalue weighted by Crippen LogP contribution is -2.59. The summed E-state index contributed by atoms with van der Waals surface area (Å²) in [5, 5.41) is -4.04. The van der Waals surface area contributed by atoms with Crippen molar-refractivity contribution in [2.24, 2.45) is 0 Å². The van der Waals surface area contributed by atoms with E-state index in [2.05, 4.69) is 11.6 Å². The Morgan fingerprint density at radius 1 is 1.14 bits per heavy atom. The molecule has 0 aromatic carbocycles. The number of carbonyl (C=O) groups is 1. The fraction of sp³-hybridized carbons (Fsp3) is 0.900. The van der Waals surface area contributed by atoms with Gasteiger partial charge in [-0.1, -0.05) is 0 Å². The average Bonchev–Trinajstić information content (AvgIpc) is 2.38. The Morgan fingerprint density at radius 3 is 2.14 bits per heavy atom. The van der Waals surface area contributed by atoms with Gasteiger partial charge in [0, 0.05) is 26.2 Å². The number of nitrogens with one attached hydrogen (secondary N) is 1. The highest BCUT2D eigenvalue weighted by Gasteiger charge is 2.74. The van der Waals surface area contributed by atoms with Gasteiger partial charge in [-0.3, -0.25) is 9.69 Å². The van der Waals surface area contributed by atoms with Crippen molar-refractivity contribution in [3.63, 3.8) is 0 Å². The molecule has 11 heteroatoms. The lowest BCUT2D eigenvalue weighted by Gasteiger charge is -2.29. The quantitative estimate of drug-likeness (QED) is 0.588. The standard InChI is InChI=1S/C10H13ClF6N2O2/c11-10(16,17)9(14,15)8(12,13)7(20)18-1-2-19-3-5-21-6-4-19/h1-6H2,(H,18,20). The predicted octanol–water partition coefficient (Wildman–Crippen LogP) is 1.54. The summed E-state index contributed by atoms with van der Waals surface area (Å²) in [5.41, 5.74) is 0. The second kappa shape index (κ2) is 6.57. The predicted molar refractivity (Wildman–Crippen MR) is 61.0 cm³/mol. The summed E-state index contributed by atoms with van der Waals surface area (Å²) in [6, 6.07) is 0. The van der Waals surface area contributed by atoms with E-state index in [9.17, 15) is 31.1 Å². The molecule has 124 valence electrons. The van der Waals surface area contributed by atoms with Gasteiger partial charge < -0.3 is 10.1 Å². The Balaban J connectivity index is 2.53. The molecule has 1 amide bonds. The number of morpholine rings is 1. The van der Waals surface area contributed by atoms with E-state index >= 15 is 0 Å². The van der Waals surface area contributed by atoms with E-state index in [1.807, 2.05) is 0 Å². The second-order valence-corrected chi connectivity index (χ2v) is 4.83. The van der Waals surface area contributed by atoms with E-state index in [4.69, 9.17) is 4.74 Å². The van der Waals surface area contributed by atoms with E-state index in [-0.39, 0.29) is 6.54 Å². The average molecular weight is 343 g/mol. The monoisotopic (exact) mass is 342 g/mol. The molecule has 1 fully saturated rings. The van der Waals surface area contributed by atoms with Gasteiger partial charge in [-0.15, -0.1) is 0 Å². The normalized spacial score (nSPS) is 18.6. The minimum atomic E-state index is -6.00. The van der Waals surface area contributed by atoms with Crippen LogP contribution >= 0.6 is 11.6 Å². The molecule has 21 heavy (non-hydrogen) atoms. The first-order valence-electron chi connectivity index (χ1n) is 5.91. The van der Waals surface area contributed by atoms with Gasteiger partial charge >= 0.3 is 17.2 Å². The lowest BCUT2D eigenvalue weighted by molar-refractivity contribution is -0.269. The number of alkyl halides is 7. The molecule has 1 saturated heterocycles. The third-order valence-corrected chi connectivity index (χ3v) is 3.09. The van der Waals surface area contributed by atoms with Gasteiger partial charge in [-0.2, -0.15) is 26.3 Å². The van der Waals surface area contributed by atoms with Gasteiger partial charge in [0.05, 0.1) is 13.2 Å². The fourth-order valence-corrected chi connectivity index (χ4v) is 1.70. The molecule has 1 N–H and O–H groups in total. The molecule has 1 aliphatic rings. The number of rotatable bonds is 6. The molecule has 0 atom stereocenters. The highest BCUT2D eigenvalue weighted by Crippen LogP contribution is 2.47. The summed E-state index contributed by atoms with van der Waals surface area (Å²) in [6.45, 7) is 1.53. The Labute approximate surface area is 121 Å². The van der Waals surface area contributed by atoms with E-state index in [1.165, 1.54) is 5.32 Å². The number of ether oxygens (including phenoxy) is 1. The van der Waals surface area contributed by atoms with E-state index in [0.717, 1.165) is 0 Å². The third kappa shape index (κ3) is 4.13. The van der Waals surface area contributed by atoms with Gasteiger partial charge in [0.1, 0.15) is 0 Å². The van der Waals surface area contributed by atoms with Crippen LogP contribution in [0.5, 0.6) is 0 Å². The number of hydrogen-bond donors (Lipinski definition) is 1. The Kier molecular flexibility index (Phi) is 5.73. The molecule has 0 aromatic heterocycles. The Bertz CT molecular complexity index is 371. The molecule has 0 bridgehead atoms. The lowest BCUT2D eigenvalue weighted by atomic mass is 10.1. The zero-order valence-corrected chi connectivity index (χ0v) is 11.4. The summed E-state index contributed by atoms with van der Waals surface area (Å²) < 4.78 is 81.5. The minimum absolute atomic E-state index is 0.105. The first-order valence-corrected chi connectivity index (χ1v) is 6.28. The van der Waals surface area contributed by atoms with Gasteiger partial charge in [-0.25, -0.2) is 0 Å². The molecular formula is C10H13ClF6N2O2. The molecule has 0 unspecified atom stereocenters. The zero-order chi connectivity index (χ0) is 16.3. The number of nitrogens with zero attached hydrogens (tertiary/aromatic N) is 1. The Hall–Kier alpha value is -0.740. The highest BCUT2D eigenvalue weighted by molar-refractivity contribution is 6.22. The van der Waals surface area contributed by atoms with Crippen molar-refractivity contribution in [1.29, 1.82) is 0 Å². The molecular weight excluding hydrogens is 330 g/mol. The summed E-state index contributed by atoms with van der Waals surface area (Å²) in [7, 11) is 0. The topological polar surface area (TPSA) is 41.6 Å². The van der Waals surface area contributed by atoms with Crippen molar-refractivity contribution in [2.45, 2.75) is 17.2 Å². The molecule has 0 spiro atoms. The minimum Gasteiger partial charge on any atom is -0.379 e. The molecule has 0 radical (unpaired) electrons. The van der Waals surface area contributed by atoms with Crippen LogP contribution in [0.3, 0.4) is 0 Å². The van der Waals surface area contributed by atoms with Crippen molar-refractivity contribution in [3.05, 3.63) is 0 Å². The van der Waals surface area contributed by atoms with Crippen LogP contribution < -0.4 is 5.32 Å². The first-order chi connectivity index (χ1) is 9.50. The second-order valence-electron chi connectivity index (χ2n) is 4.36. The largest absolute Gasteiger partial charge is 0.395 e. The van der Waals surface area contributed by atoms with Gasteiger partial charge in [0.25, 0.3) is 5.91 Å². The van der Waals surface area contributed by atoms with Gasteiger partial charge in [0.2, 0.25) is 0 Å². The smallest absolute Gasteiger partial charge is 0.379 e. The van der Waals surface area contributed by atoms with Gasteiger partial charge in [-0.05, 0) is 11.6 Å². The van der Waals surface area contributed by atoms with E-state index in [1.54, 1.807) is 4.90 Å². The van der Waals surface area contributed by atoms with Crippen molar-refractivity contribution >= 4 is 17.5 Å². The van der Waals surface area contributed by atoms with Crippen LogP contribution in [-0.2, 0) is 9.53 Å². The molecule has 0 aliphatic carbocycles.